The van der Waals surface area contributed by atoms with Crippen LogP contribution in [0.25, 0.3) is 16.5 Å². The molecule has 1 aromatic heterocycles. The molecule has 30 heavy (non-hydrogen) atoms. The number of hydrogen-bond donors (Lipinski definition) is 2. The van der Waals surface area contributed by atoms with Gasteiger partial charge in [0.05, 0.1) is 24.5 Å². The van der Waals surface area contributed by atoms with Crippen LogP contribution in [0, 0.1) is 0 Å². The third-order valence-corrected chi connectivity index (χ3v) is 4.90. The number of nitrogens with two attached hydrogens (primary N) is 1. The molecule has 1 atom stereocenters. The summed E-state index contributed by atoms with van der Waals surface area (Å²) >= 11 is 0. The number of hydrazone groups is 1. The quantitative estimate of drug-likeness (QED) is 0.744. The van der Waals surface area contributed by atoms with Gasteiger partial charge >= 0.3 is 6.18 Å². The van der Waals surface area contributed by atoms with Gasteiger partial charge in [-0.1, -0.05) is 17.9 Å². The van der Waals surface area contributed by atoms with Crippen LogP contribution in [0.2, 0.25) is 0 Å². The Morgan fingerprint density at radius 3 is 2.90 bits per heavy atom. The van der Waals surface area contributed by atoms with Crippen LogP contribution < -0.4 is 11.2 Å². The van der Waals surface area contributed by atoms with Crippen LogP contribution in [0.4, 0.5) is 13.2 Å². The molecule has 2 aliphatic rings. The molecular weight excluding hydrogens is 399 g/mol. The number of carbonyl (C=O) groups excluding carboxylic acids is 1. The molecule has 1 amide bonds. The molecule has 2 aliphatic heterocycles. The van der Waals surface area contributed by atoms with Gasteiger partial charge in [-0.15, -0.1) is 0 Å². The maximum atomic E-state index is 13.0. The Morgan fingerprint density at radius 1 is 1.37 bits per heavy atom. The summed E-state index contributed by atoms with van der Waals surface area (Å²) < 4.78 is 43.8. The second-order valence-corrected chi connectivity index (χ2v) is 7.00. The molecule has 1 saturated heterocycles. The Labute approximate surface area is 169 Å². The molecule has 156 valence electrons. The summed E-state index contributed by atoms with van der Waals surface area (Å²) in [5.41, 5.74) is 13.8. The van der Waals surface area contributed by atoms with Crippen LogP contribution in [0.3, 0.4) is 0 Å². The minimum absolute atomic E-state index is 0.0137. The van der Waals surface area contributed by atoms with E-state index in [0.29, 0.717) is 29.7 Å². The molecule has 0 aliphatic carbocycles. The molecule has 2 aromatic rings. The zero-order chi connectivity index (χ0) is 21.3. The summed E-state index contributed by atoms with van der Waals surface area (Å²) in [4.78, 5) is 17.8. The molecule has 1 aromatic carbocycles. The first-order valence-electron chi connectivity index (χ1n) is 9.19. The van der Waals surface area contributed by atoms with Gasteiger partial charge in [-0.05, 0) is 17.7 Å². The van der Waals surface area contributed by atoms with Crippen molar-refractivity contribution in [3.63, 3.8) is 0 Å². The number of benzene rings is 1. The number of morpholine rings is 1. The van der Waals surface area contributed by atoms with Gasteiger partial charge in [-0.25, -0.2) is 4.98 Å². The van der Waals surface area contributed by atoms with Crippen molar-refractivity contribution in [2.75, 3.05) is 19.7 Å². The molecular formula is C20H18F3N5O2. The SMILES string of the molecule is NC(=O)c1cc(C2=C=CNN=C2)c2ccc(CN3CCOC(C(F)(F)F)C3)cc2n1. The molecule has 1 unspecified atom stereocenters. The van der Waals surface area contributed by atoms with Crippen molar-refractivity contribution >= 4 is 28.6 Å². The smallest absolute Gasteiger partial charge is 0.366 e. The monoisotopic (exact) mass is 417 g/mol. The molecule has 4 rings (SSSR count). The van der Waals surface area contributed by atoms with E-state index in [0.717, 1.165) is 10.9 Å². The van der Waals surface area contributed by atoms with E-state index in [-0.39, 0.29) is 18.8 Å². The van der Waals surface area contributed by atoms with E-state index < -0.39 is 18.2 Å². The van der Waals surface area contributed by atoms with Gasteiger partial charge in [0.15, 0.2) is 6.10 Å². The lowest BCUT2D eigenvalue weighted by Crippen LogP contribution is -2.48. The van der Waals surface area contributed by atoms with Crippen LogP contribution in [0.1, 0.15) is 21.6 Å². The van der Waals surface area contributed by atoms with E-state index in [4.69, 9.17) is 10.5 Å². The standard InChI is InChI=1S/C20H18F3N5O2/c21-20(22,23)18-11-28(5-6-30-18)10-12-1-2-14-15(13-3-4-25-26-9-13)8-17(19(24)29)27-16(14)7-12/h1-2,4,7-9,18,25H,5-6,10-11H2,(H2,24,29). The van der Waals surface area contributed by atoms with Crippen LogP contribution in [-0.2, 0) is 11.3 Å². The molecule has 0 saturated carbocycles. The molecule has 3 N–H and O–H groups in total. The topological polar surface area (TPSA) is 92.8 Å². The van der Waals surface area contributed by atoms with Gasteiger partial charge in [0.25, 0.3) is 5.91 Å². The number of primary amides is 1. The summed E-state index contributed by atoms with van der Waals surface area (Å²) in [7, 11) is 0. The van der Waals surface area contributed by atoms with Gasteiger partial charge in [0.2, 0.25) is 0 Å². The molecule has 10 heteroatoms. The Kier molecular flexibility index (Phi) is 5.29. The van der Waals surface area contributed by atoms with E-state index >= 15 is 0 Å². The number of carbonyl (C=O) groups is 1. The second kappa shape index (κ2) is 7.91. The highest BCUT2D eigenvalue weighted by atomic mass is 19.4. The number of pyridine rings is 1. The summed E-state index contributed by atoms with van der Waals surface area (Å²) in [5, 5.41) is 4.71. The Hall–Kier alpha value is -3.20. The Morgan fingerprint density at radius 2 is 2.20 bits per heavy atom. The van der Waals surface area contributed by atoms with E-state index in [1.807, 2.05) is 12.1 Å². The van der Waals surface area contributed by atoms with Crippen molar-refractivity contribution in [1.29, 1.82) is 0 Å². The fraction of sp³-hybridized carbons (Fsp3) is 0.300. The first-order chi connectivity index (χ1) is 14.3. The van der Waals surface area contributed by atoms with Gasteiger partial charge < -0.3 is 10.5 Å². The normalized spacial score (nSPS) is 19.6. The molecule has 0 radical (unpaired) electrons. The average Bonchev–Trinajstić information content (AvgIpc) is 2.73. The maximum absolute atomic E-state index is 13.0. The summed E-state index contributed by atoms with van der Waals surface area (Å²) in [6.45, 7) is 0.478. The molecule has 7 nitrogen and oxygen atoms in total. The lowest BCUT2D eigenvalue weighted by Gasteiger charge is -2.33. The van der Waals surface area contributed by atoms with Crippen LogP contribution >= 0.6 is 0 Å². The van der Waals surface area contributed by atoms with Crippen LogP contribution in [-0.4, -0.2) is 54.0 Å². The second-order valence-electron chi connectivity index (χ2n) is 7.00. The lowest BCUT2D eigenvalue weighted by atomic mass is 9.99. The average molecular weight is 417 g/mol. The number of nitrogens with zero attached hydrogens (tertiary/aromatic N) is 3. The highest BCUT2D eigenvalue weighted by molar-refractivity contribution is 6.15. The molecule has 0 spiro atoms. The van der Waals surface area contributed by atoms with E-state index in [9.17, 15) is 18.0 Å². The number of nitrogens with one attached hydrogen (secondary N) is 1. The Balaban J connectivity index is 1.68. The number of ether oxygens (including phenoxy) is 1. The van der Waals surface area contributed by atoms with Crippen molar-refractivity contribution in [2.24, 2.45) is 10.8 Å². The maximum Gasteiger partial charge on any atom is 0.415 e. The van der Waals surface area contributed by atoms with E-state index in [2.05, 4.69) is 21.2 Å². The minimum Gasteiger partial charge on any atom is -0.366 e. The lowest BCUT2D eigenvalue weighted by molar-refractivity contribution is -0.237. The summed E-state index contributed by atoms with van der Waals surface area (Å²) in [6, 6.07) is 6.99. The predicted molar refractivity (Wildman–Crippen MR) is 104 cm³/mol. The largest absolute Gasteiger partial charge is 0.415 e. The first kappa shape index (κ1) is 20.1. The van der Waals surface area contributed by atoms with Crippen LogP contribution in [0.5, 0.6) is 0 Å². The number of alkyl halides is 3. The number of allylic oxidation sites excluding steroid dienone is 1. The van der Waals surface area contributed by atoms with Crippen molar-refractivity contribution in [3.05, 3.63) is 53.0 Å². The van der Waals surface area contributed by atoms with Crippen molar-refractivity contribution in [1.82, 2.24) is 15.3 Å². The number of fused-ring (bicyclic) bond motifs is 1. The third-order valence-electron chi connectivity index (χ3n) is 4.90. The highest BCUT2D eigenvalue weighted by Gasteiger charge is 2.43. The zero-order valence-electron chi connectivity index (χ0n) is 15.7. The minimum atomic E-state index is -4.40. The van der Waals surface area contributed by atoms with Crippen molar-refractivity contribution < 1.29 is 22.7 Å². The molecule has 1 fully saturated rings. The predicted octanol–water partition coefficient (Wildman–Crippen LogP) is 2.18. The van der Waals surface area contributed by atoms with E-state index in [1.165, 1.54) is 6.20 Å². The summed E-state index contributed by atoms with van der Waals surface area (Å²) in [5.74, 6) is -0.680. The number of amides is 1. The summed E-state index contributed by atoms with van der Waals surface area (Å²) in [6.07, 6.45) is -3.09. The highest BCUT2D eigenvalue weighted by Crippen LogP contribution is 2.28. The third kappa shape index (κ3) is 4.20. The molecule has 0 bridgehead atoms. The van der Waals surface area contributed by atoms with Gasteiger partial charge in [0, 0.05) is 36.2 Å². The fourth-order valence-electron chi connectivity index (χ4n) is 3.46. The number of aromatic nitrogens is 1. The van der Waals surface area contributed by atoms with Crippen molar-refractivity contribution in [2.45, 2.75) is 18.8 Å². The van der Waals surface area contributed by atoms with Gasteiger partial charge in [0.1, 0.15) is 5.69 Å². The zero-order valence-corrected chi connectivity index (χ0v) is 15.7. The number of hydrogen-bond acceptors (Lipinski definition) is 6. The number of rotatable bonds is 4. The molecule has 3 heterocycles. The van der Waals surface area contributed by atoms with Gasteiger partial charge in [-0.3, -0.25) is 15.1 Å². The van der Waals surface area contributed by atoms with Gasteiger partial charge in [-0.2, -0.15) is 18.3 Å². The van der Waals surface area contributed by atoms with Crippen molar-refractivity contribution in [3.8, 4) is 0 Å². The Bertz CT molecular complexity index is 1090. The van der Waals surface area contributed by atoms with Crippen LogP contribution in [0.15, 0.2) is 41.3 Å². The number of halogens is 3. The first-order valence-corrected chi connectivity index (χ1v) is 9.19. The fourth-order valence-corrected chi connectivity index (χ4v) is 3.46. The van der Waals surface area contributed by atoms with E-state index in [1.54, 1.807) is 23.2 Å².